The van der Waals surface area contributed by atoms with Crippen molar-refractivity contribution in [1.82, 2.24) is 0 Å². The highest BCUT2D eigenvalue weighted by molar-refractivity contribution is 6.02. The van der Waals surface area contributed by atoms with Crippen LogP contribution in [0.5, 0.6) is 0 Å². The van der Waals surface area contributed by atoms with E-state index < -0.39 is 18.2 Å². The molecule has 106 valence electrons. The van der Waals surface area contributed by atoms with Crippen LogP contribution in [0.4, 0.5) is 0 Å². The molecule has 0 atom stereocenters. The second kappa shape index (κ2) is 5.05. The van der Waals surface area contributed by atoms with E-state index in [1.54, 1.807) is 0 Å². The van der Waals surface area contributed by atoms with Crippen molar-refractivity contribution >= 4 is 11.9 Å². The van der Waals surface area contributed by atoms with Crippen molar-refractivity contribution in [2.24, 2.45) is 0 Å². The van der Waals surface area contributed by atoms with E-state index in [0.717, 1.165) is 16.7 Å². The third kappa shape index (κ3) is 2.40. The lowest BCUT2D eigenvalue weighted by molar-refractivity contribution is -0.186. The molecule has 1 aliphatic carbocycles. The standard InChI is InChI=1S/C17H14O4/c1-10(18)20-17(21-11(2)19)12-7-8-15-13-5-3-4-6-14(13)16(15)9-12/h3-9,17H,1-2H3. The average molecular weight is 282 g/mol. The number of benzene rings is 2. The maximum Gasteiger partial charge on any atom is 0.305 e. The molecule has 0 radical (unpaired) electrons. The summed E-state index contributed by atoms with van der Waals surface area (Å²) in [6.45, 7) is 2.57. The first-order chi connectivity index (χ1) is 10.1. The smallest absolute Gasteiger partial charge is 0.305 e. The molecule has 3 rings (SSSR count). The van der Waals surface area contributed by atoms with Gasteiger partial charge in [0.1, 0.15) is 0 Å². The van der Waals surface area contributed by atoms with Crippen molar-refractivity contribution < 1.29 is 19.1 Å². The summed E-state index contributed by atoms with van der Waals surface area (Å²) in [7, 11) is 0. The Hall–Kier alpha value is -2.62. The molecule has 0 aliphatic heterocycles. The SMILES string of the molecule is CC(=O)OC(OC(C)=O)c1ccc2c(c1)-c1ccccc1-2. The number of hydrogen-bond donors (Lipinski definition) is 0. The fourth-order valence-corrected chi connectivity index (χ4v) is 2.52. The minimum absolute atomic E-state index is 0.496. The van der Waals surface area contributed by atoms with Crippen LogP contribution in [-0.2, 0) is 19.1 Å². The molecular formula is C17H14O4. The Morgan fingerprint density at radius 1 is 0.810 bits per heavy atom. The van der Waals surface area contributed by atoms with Crippen LogP contribution in [0.25, 0.3) is 22.3 Å². The summed E-state index contributed by atoms with van der Waals surface area (Å²) in [6.07, 6.45) is -1.00. The Morgan fingerprint density at radius 3 is 1.90 bits per heavy atom. The lowest BCUT2D eigenvalue weighted by Crippen LogP contribution is -2.15. The highest BCUT2D eigenvalue weighted by atomic mass is 16.7. The topological polar surface area (TPSA) is 52.6 Å². The van der Waals surface area contributed by atoms with Gasteiger partial charge < -0.3 is 9.47 Å². The predicted octanol–water partition coefficient (Wildman–Crippen LogP) is 3.46. The van der Waals surface area contributed by atoms with E-state index in [2.05, 4.69) is 6.07 Å². The van der Waals surface area contributed by atoms with Crippen LogP contribution in [0.3, 0.4) is 0 Å². The maximum atomic E-state index is 11.2. The zero-order chi connectivity index (χ0) is 15.0. The summed E-state index contributed by atoms with van der Waals surface area (Å²) in [4.78, 5) is 22.3. The Balaban J connectivity index is 1.94. The number of fused-ring (bicyclic) bond motifs is 4. The number of hydrogen-bond acceptors (Lipinski definition) is 4. The van der Waals surface area contributed by atoms with E-state index in [4.69, 9.17) is 9.47 Å². The van der Waals surface area contributed by atoms with Crippen LogP contribution < -0.4 is 0 Å². The lowest BCUT2D eigenvalue weighted by Gasteiger charge is -2.26. The van der Waals surface area contributed by atoms with Crippen molar-refractivity contribution in [3.8, 4) is 22.3 Å². The fraction of sp³-hybridized carbons (Fsp3) is 0.176. The molecule has 0 N–H and O–H groups in total. The van der Waals surface area contributed by atoms with Gasteiger partial charge in [-0.1, -0.05) is 36.4 Å². The van der Waals surface area contributed by atoms with Gasteiger partial charge in [-0.25, -0.2) is 0 Å². The molecule has 0 unspecified atom stereocenters. The van der Waals surface area contributed by atoms with Gasteiger partial charge in [-0.15, -0.1) is 0 Å². The van der Waals surface area contributed by atoms with Gasteiger partial charge in [-0.2, -0.15) is 0 Å². The van der Waals surface area contributed by atoms with E-state index in [9.17, 15) is 9.59 Å². The van der Waals surface area contributed by atoms with Gasteiger partial charge in [-0.3, -0.25) is 9.59 Å². The van der Waals surface area contributed by atoms with E-state index in [-0.39, 0.29) is 0 Å². The first kappa shape index (κ1) is 13.4. The third-order valence-corrected chi connectivity index (χ3v) is 3.37. The van der Waals surface area contributed by atoms with Gasteiger partial charge in [0.2, 0.25) is 0 Å². The third-order valence-electron chi connectivity index (χ3n) is 3.37. The molecule has 0 saturated heterocycles. The van der Waals surface area contributed by atoms with Crippen molar-refractivity contribution in [3.63, 3.8) is 0 Å². The molecule has 0 bridgehead atoms. The minimum Gasteiger partial charge on any atom is -0.421 e. The van der Waals surface area contributed by atoms with Crippen molar-refractivity contribution in [3.05, 3.63) is 48.0 Å². The molecule has 0 saturated carbocycles. The highest BCUT2D eigenvalue weighted by Crippen LogP contribution is 2.47. The second-order valence-electron chi connectivity index (χ2n) is 4.90. The molecular weight excluding hydrogens is 268 g/mol. The molecule has 21 heavy (non-hydrogen) atoms. The summed E-state index contributed by atoms with van der Waals surface area (Å²) in [5, 5.41) is 0. The van der Waals surface area contributed by atoms with Crippen molar-refractivity contribution in [2.75, 3.05) is 0 Å². The van der Waals surface area contributed by atoms with Crippen LogP contribution in [0, 0.1) is 0 Å². The Labute approximate surface area is 122 Å². The summed E-state index contributed by atoms with van der Waals surface area (Å²) in [6, 6.07) is 13.7. The molecule has 0 aromatic heterocycles. The van der Waals surface area contributed by atoms with E-state index in [1.807, 2.05) is 36.4 Å². The summed E-state index contributed by atoms with van der Waals surface area (Å²) in [5.74, 6) is -0.992. The van der Waals surface area contributed by atoms with Gasteiger partial charge >= 0.3 is 11.9 Å². The first-order valence-electron chi connectivity index (χ1n) is 6.64. The second-order valence-corrected chi connectivity index (χ2v) is 4.90. The first-order valence-corrected chi connectivity index (χ1v) is 6.64. The van der Waals surface area contributed by atoms with Crippen LogP contribution in [0.2, 0.25) is 0 Å². The predicted molar refractivity (Wildman–Crippen MR) is 77.1 cm³/mol. The number of ether oxygens (including phenoxy) is 2. The van der Waals surface area contributed by atoms with E-state index in [0.29, 0.717) is 5.56 Å². The molecule has 2 aromatic carbocycles. The molecule has 0 heterocycles. The number of carbonyl (C=O) groups is 2. The van der Waals surface area contributed by atoms with Gasteiger partial charge in [0.25, 0.3) is 6.29 Å². The Morgan fingerprint density at radius 2 is 1.33 bits per heavy atom. The van der Waals surface area contributed by atoms with Crippen molar-refractivity contribution in [2.45, 2.75) is 20.1 Å². The van der Waals surface area contributed by atoms with Gasteiger partial charge in [0.15, 0.2) is 0 Å². The zero-order valence-corrected chi connectivity index (χ0v) is 11.8. The molecule has 0 fully saturated rings. The van der Waals surface area contributed by atoms with Crippen LogP contribution in [0.15, 0.2) is 42.5 Å². The average Bonchev–Trinajstić information content (AvgIpc) is 2.42. The number of esters is 2. The fourth-order valence-electron chi connectivity index (χ4n) is 2.52. The molecule has 2 aromatic rings. The molecule has 1 aliphatic rings. The quantitative estimate of drug-likeness (QED) is 0.545. The summed E-state index contributed by atoms with van der Waals surface area (Å²) >= 11 is 0. The molecule has 4 heteroatoms. The summed E-state index contributed by atoms with van der Waals surface area (Å²) in [5.41, 5.74) is 5.23. The monoisotopic (exact) mass is 282 g/mol. The summed E-state index contributed by atoms with van der Waals surface area (Å²) < 4.78 is 10.1. The highest BCUT2D eigenvalue weighted by Gasteiger charge is 2.25. The minimum atomic E-state index is -1.00. The maximum absolute atomic E-state index is 11.2. The zero-order valence-electron chi connectivity index (χ0n) is 11.8. The van der Waals surface area contributed by atoms with Gasteiger partial charge in [0.05, 0.1) is 0 Å². The normalized spacial score (nSPS) is 11.2. The van der Waals surface area contributed by atoms with Crippen LogP contribution in [-0.4, -0.2) is 11.9 Å². The van der Waals surface area contributed by atoms with Gasteiger partial charge in [-0.05, 0) is 28.3 Å². The van der Waals surface area contributed by atoms with Gasteiger partial charge in [0, 0.05) is 19.4 Å². The van der Waals surface area contributed by atoms with Crippen LogP contribution in [0.1, 0.15) is 25.7 Å². The lowest BCUT2D eigenvalue weighted by atomic mass is 9.80. The van der Waals surface area contributed by atoms with E-state index in [1.165, 1.54) is 19.4 Å². The Bertz CT molecular complexity index is 717. The molecule has 0 spiro atoms. The van der Waals surface area contributed by atoms with Crippen molar-refractivity contribution in [1.29, 1.82) is 0 Å². The number of rotatable bonds is 3. The Kier molecular flexibility index (Phi) is 3.22. The van der Waals surface area contributed by atoms with Crippen LogP contribution >= 0.6 is 0 Å². The molecule has 0 amide bonds. The van der Waals surface area contributed by atoms with E-state index >= 15 is 0 Å². The largest absolute Gasteiger partial charge is 0.421 e. The number of carbonyl (C=O) groups excluding carboxylic acids is 2. The molecule has 4 nitrogen and oxygen atoms in total.